The largest absolute Gasteiger partial charge is 0.494 e. The molecule has 0 radical (unpaired) electrons. The number of halogens is 1. The number of nitrogens with zero attached hydrogens (tertiary/aromatic N) is 3. The van der Waals surface area contributed by atoms with E-state index in [0.29, 0.717) is 17.8 Å². The van der Waals surface area contributed by atoms with E-state index in [0.717, 1.165) is 12.0 Å². The third-order valence-corrected chi connectivity index (χ3v) is 4.78. The van der Waals surface area contributed by atoms with E-state index in [-0.39, 0.29) is 29.9 Å². The summed E-state index contributed by atoms with van der Waals surface area (Å²) in [5, 5.41) is 6.85. The SMILES string of the molecule is COc1ccc(-c2noc(-c3cccn3CC(=O)NCCc3ccccc3)n2)cc1F. The number of hydrogen-bond acceptors (Lipinski definition) is 5. The Morgan fingerprint density at radius 2 is 2.00 bits per heavy atom. The van der Waals surface area contributed by atoms with Crippen molar-refractivity contribution < 1.29 is 18.4 Å². The predicted octanol–water partition coefficient (Wildman–Crippen LogP) is 3.71. The highest BCUT2D eigenvalue weighted by Gasteiger charge is 2.16. The van der Waals surface area contributed by atoms with Gasteiger partial charge in [-0.1, -0.05) is 35.5 Å². The Balaban J connectivity index is 1.41. The Bertz CT molecular complexity index is 1170. The molecule has 7 nitrogen and oxygen atoms in total. The minimum absolute atomic E-state index is 0.117. The van der Waals surface area contributed by atoms with Crippen molar-refractivity contribution in [3.05, 3.63) is 78.2 Å². The van der Waals surface area contributed by atoms with Crippen LogP contribution in [0.25, 0.3) is 23.0 Å². The Morgan fingerprint density at radius 3 is 2.77 bits per heavy atom. The lowest BCUT2D eigenvalue weighted by Crippen LogP contribution is -2.29. The second-order valence-corrected chi connectivity index (χ2v) is 6.88. The van der Waals surface area contributed by atoms with Gasteiger partial charge in [-0.05, 0) is 42.3 Å². The molecule has 0 spiro atoms. The quantitative estimate of drug-likeness (QED) is 0.470. The standard InChI is InChI=1S/C23H21FN4O3/c1-30-20-10-9-17(14-18(20)24)22-26-23(31-27-22)19-8-5-13-28(19)15-21(29)25-12-11-16-6-3-2-4-7-16/h2-10,13-14H,11-12,15H2,1H3,(H,25,29). The van der Waals surface area contributed by atoms with E-state index in [1.54, 1.807) is 29.0 Å². The summed E-state index contributed by atoms with van der Waals surface area (Å²) in [6, 6.07) is 18.0. The van der Waals surface area contributed by atoms with Crippen LogP contribution in [0.3, 0.4) is 0 Å². The van der Waals surface area contributed by atoms with Gasteiger partial charge in [-0.2, -0.15) is 4.98 Å². The summed E-state index contributed by atoms with van der Waals surface area (Å²) >= 11 is 0. The predicted molar refractivity (Wildman–Crippen MR) is 113 cm³/mol. The molecule has 0 bridgehead atoms. The maximum atomic E-state index is 14.0. The molecular formula is C23H21FN4O3. The summed E-state index contributed by atoms with van der Waals surface area (Å²) in [5.74, 6) is -0.00297. The minimum Gasteiger partial charge on any atom is -0.494 e. The maximum absolute atomic E-state index is 14.0. The van der Waals surface area contributed by atoms with Crippen LogP contribution in [0.15, 0.2) is 71.4 Å². The van der Waals surface area contributed by atoms with Crippen LogP contribution < -0.4 is 10.1 Å². The fraction of sp³-hybridized carbons (Fsp3) is 0.174. The molecule has 2 heterocycles. The maximum Gasteiger partial charge on any atom is 0.274 e. The van der Waals surface area contributed by atoms with Crippen molar-refractivity contribution in [1.29, 1.82) is 0 Å². The fourth-order valence-electron chi connectivity index (χ4n) is 3.20. The monoisotopic (exact) mass is 420 g/mol. The minimum atomic E-state index is -0.512. The molecule has 0 saturated carbocycles. The number of aromatic nitrogens is 3. The van der Waals surface area contributed by atoms with Crippen LogP contribution in [0.5, 0.6) is 5.75 Å². The summed E-state index contributed by atoms with van der Waals surface area (Å²) in [7, 11) is 1.40. The first-order valence-corrected chi connectivity index (χ1v) is 9.78. The van der Waals surface area contributed by atoms with Gasteiger partial charge in [-0.15, -0.1) is 0 Å². The van der Waals surface area contributed by atoms with E-state index in [4.69, 9.17) is 9.26 Å². The lowest BCUT2D eigenvalue weighted by atomic mass is 10.1. The van der Waals surface area contributed by atoms with E-state index in [1.807, 2.05) is 30.3 Å². The molecule has 1 N–H and O–H groups in total. The molecule has 0 aliphatic heterocycles. The zero-order chi connectivity index (χ0) is 21.6. The van der Waals surface area contributed by atoms with E-state index >= 15 is 0 Å². The molecule has 0 fully saturated rings. The van der Waals surface area contributed by atoms with Crippen LogP contribution in [0.4, 0.5) is 4.39 Å². The average Bonchev–Trinajstić information content (AvgIpc) is 3.44. The highest BCUT2D eigenvalue weighted by molar-refractivity contribution is 5.76. The Labute approximate surface area is 178 Å². The molecule has 2 aromatic carbocycles. The Kier molecular flexibility index (Phi) is 6.07. The van der Waals surface area contributed by atoms with Gasteiger partial charge in [-0.25, -0.2) is 4.39 Å². The van der Waals surface area contributed by atoms with Gasteiger partial charge in [0.15, 0.2) is 11.6 Å². The van der Waals surface area contributed by atoms with Crippen LogP contribution in [-0.4, -0.2) is 34.3 Å². The third kappa shape index (κ3) is 4.80. The molecular weight excluding hydrogens is 399 g/mol. The topological polar surface area (TPSA) is 82.2 Å². The number of benzene rings is 2. The second-order valence-electron chi connectivity index (χ2n) is 6.88. The first kappa shape index (κ1) is 20.3. The second kappa shape index (κ2) is 9.25. The van der Waals surface area contributed by atoms with Crippen LogP contribution in [0, 0.1) is 5.82 Å². The van der Waals surface area contributed by atoms with Crippen molar-refractivity contribution in [2.45, 2.75) is 13.0 Å². The molecule has 2 aromatic heterocycles. The van der Waals surface area contributed by atoms with Gasteiger partial charge >= 0.3 is 0 Å². The number of ether oxygens (including phenoxy) is 1. The van der Waals surface area contributed by atoms with Crippen LogP contribution in [-0.2, 0) is 17.8 Å². The first-order valence-electron chi connectivity index (χ1n) is 9.78. The van der Waals surface area contributed by atoms with Crippen molar-refractivity contribution in [3.8, 4) is 28.7 Å². The smallest absolute Gasteiger partial charge is 0.274 e. The van der Waals surface area contributed by atoms with Crippen molar-refractivity contribution in [2.75, 3.05) is 13.7 Å². The van der Waals surface area contributed by atoms with Gasteiger partial charge in [-0.3, -0.25) is 4.79 Å². The van der Waals surface area contributed by atoms with Crippen LogP contribution >= 0.6 is 0 Å². The average molecular weight is 420 g/mol. The molecule has 1 amide bonds. The number of nitrogens with one attached hydrogen (secondary N) is 1. The summed E-state index contributed by atoms with van der Waals surface area (Å²) < 4.78 is 26.0. The zero-order valence-corrected chi connectivity index (χ0v) is 16.9. The number of carbonyl (C=O) groups is 1. The van der Waals surface area contributed by atoms with Gasteiger partial charge in [0.25, 0.3) is 5.89 Å². The van der Waals surface area contributed by atoms with E-state index in [1.165, 1.54) is 19.2 Å². The number of hydrogen-bond donors (Lipinski definition) is 1. The van der Waals surface area contributed by atoms with Crippen LogP contribution in [0.1, 0.15) is 5.56 Å². The van der Waals surface area contributed by atoms with Crippen molar-refractivity contribution in [3.63, 3.8) is 0 Å². The van der Waals surface area contributed by atoms with E-state index in [2.05, 4.69) is 15.5 Å². The van der Waals surface area contributed by atoms with Gasteiger partial charge in [0.05, 0.1) is 7.11 Å². The highest BCUT2D eigenvalue weighted by atomic mass is 19.1. The lowest BCUT2D eigenvalue weighted by molar-refractivity contribution is -0.121. The Hall–Kier alpha value is -3.94. The summed E-state index contributed by atoms with van der Waals surface area (Å²) in [4.78, 5) is 16.7. The number of amides is 1. The van der Waals surface area contributed by atoms with Gasteiger partial charge in [0, 0.05) is 18.3 Å². The normalized spacial score (nSPS) is 10.8. The summed E-state index contributed by atoms with van der Waals surface area (Å²) in [6.45, 7) is 0.666. The molecule has 0 atom stereocenters. The van der Waals surface area contributed by atoms with Gasteiger partial charge < -0.3 is 19.1 Å². The highest BCUT2D eigenvalue weighted by Crippen LogP contribution is 2.26. The first-order chi connectivity index (χ1) is 15.1. The fourth-order valence-corrected chi connectivity index (χ4v) is 3.20. The van der Waals surface area contributed by atoms with Crippen molar-refractivity contribution in [1.82, 2.24) is 20.0 Å². The molecule has 0 aliphatic rings. The molecule has 158 valence electrons. The lowest BCUT2D eigenvalue weighted by Gasteiger charge is -2.08. The molecule has 4 rings (SSSR count). The molecule has 4 aromatic rings. The van der Waals surface area contributed by atoms with Crippen LogP contribution in [0.2, 0.25) is 0 Å². The Morgan fingerprint density at radius 1 is 1.16 bits per heavy atom. The zero-order valence-electron chi connectivity index (χ0n) is 16.9. The number of carbonyl (C=O) groups excluding carboxylic acids is 1. The molecule has 8 heteroatoms. The van der Waals surface area contributed by atoms with Gasteiger partial charge in [0.2, 0.25) is 11.7 Å². The molecule has 0 unspecified atom stereocenters. The van der Waals surface area contributed by atoms with E-state index < -0.39 is 5.82 Å². The molecule has 0 aliphatic carbocycles. The van der Waals surface area contributed by atoms with Gasteiger partial charge in [0.1, 0.15) is 12.2 Å². The summed E-state index contributed by atoms with van der Waals surface area (Å²) in [6.07, 6.45) is 2.53. The number of methoxy groups -OCH3 is 1. The van der Waals surface area contributed by atoms with E-state index in [9.17, 15) is 9.18 Å². The molecule has 0 saturated heterocycles. The van der Waals surface area contributed by atoms with Crippen molar-refractivity contribution in [2.24, 2.45) is 0 Å². The third-order valence-electron chi connectivity index (χ3n) is 4.78. The van der Waals surface area contributed by atoms with Crippen molar-refractivity contribution >= 4 is 5.91 Å². The molecule has 31 heavy (non-hydrogen) atoms. The summed E-state index contributed by atoms with van der Waals surface area (Å²) in [5.41, 5.74) is 2.23. The number of rotatable bonds is 8.